The number of hydrogen-bond acceptors (Lipinski definition) is 3. The van der Waals surface area contributed by atoms with Crippen molar-refractivity contribution in [3.05, 3.63) is 77.5 Å². The van der Waals surface area contributed by atoms with Gasteiger partial charge >= 0.3 is 5.97 Å². The Morgan fingerprint density at radius 2 is 1.82 bits per heavy atom. The van der Waals surface area contributed by atoms with Gasteiger partial charge in [0.1, 0.15) is 0 Å². The summed E-state index contributed by atoms with van der Waals surface area (Å²) < 4.78 is 1.98. The molecular weight excluding hydrogens is 350 g/mol. The molecule has 1 heterocycles. The van der Waals surface area contributed by atoms with Crippen LogP contribution in [0, 0.1) is 0 Å². The Bertz CT molecular complexity index is 886. The Balaban J connectivity index is 1.77. The smallest absolute Gasteiger partial charge is 0.303 e. The van der Waals surface area contributed by atoms with Crippen molar-refractivity contribution >= 4 is 5.97 Å². The van der Waals surface area contributed by atoms with E-state index >= 15 is 0 Å². The van der Waals surface area contributed by atoms with Crippen LogP contribution in [0.5, 0.6) is 0 Å². The third kappa shape index (κ3) is 5.54. The van der Waals surface area contributed by atoms with Gasteiger partial charge in [-0.2, -0.15) is 5.10 Å². The summed E-state index contributed by atoms with van der Waals surface area (Å²) in [6.07, 6.45) is 3.90. The predicted octanol–water partition coefficient (Wildman–Crippen LogP) is 4.12. The molecule has 0 radical (unpaired) electrons. The molecule has 0 saturated carbocycles. The number of carboxylic acid groups (broad SMARTS) is 1. The maximum absolute atomic E-state index is 10.7. The first-order valence-electron chi connectivity index (χ1n) is 9.77. The lowest BCUT2D eigenvalue weighted by Gasteiger charge is -2.05. The van der Waals surface area contributed by atoms with Crippen LogP contribution in [0.25, 0.3) is 11.3 Å². The topological polar surface area (TPSA) is 67.2 Å². The van der Waals surface area contributed by atoms with Crippen molar-refractivity contribution in [1.29, 1.82) is 0 Å². The Hall–Kier alpha value is -2.92. The molecule has 0 spiro atoms. The minimum atomic E-state index is -0.755. The molecule has 5 heteroatoms. The van der Waals surface area contributed by atoms with Gasteiger partial charge in [0.15, 0.2) is 0 Å². The fourth-order valence-corrected chi connectivity index (χ4v) is 3.17. The highest BCUT2D eigenvalue weighted by Crippen LogP contribution is 2.23. The van der Waals surface area contributed by atoms with Crippen LogP contribution in [0.4, 0.5) is 0 Å². The van der Waals surface area contributed by atoms with E-state index in [4.69, 9.17) is 10.2 Å². The molecule has 0 atom stereocenters. The van der Waals surface area contributed by atoms with Gasteiger partial charge < -0.3 is 10.4 Å². The van der Waals surface area contributed by atoms with Crippen LogP contribution in [0.2, 0.25) is 0 Å². The van der Waals surface area contributed by atoms with Crippen LogP contribution < -0.4 is 5.32 Å². The fourth-order valence-electron chi connectivity index (χ4n) is 3.17. The summed E-state index contributed by atoms with van der Waals surface area (Å²) in [7, 11) is 0. The van der Waals surface area contributed by atoms with E-state index in [1.54, 1.807) is 0 Å². The zero-order chi connectivity index (χ0) is 19.8. The van der Waals surface area contributed by atoms with Crippen molar-refractivity contribution in [1.82, 2.24) is 15.1 Å². The van der Waals surface area contributed by atoms with Crippen molar-refractivity contribution in [2.24, 2.45) is 0 Å². The molecule has 28 heavy (non-hydrogen) atoms. The number of rotatable bonds is 10. The van der Waals surface area contributed by atoms with Crippen LogP contribution in [0.1, 0.15) is 36.5 Å². The first-order valence-corrected chi connectivity index (χ1v) is 9.77. The summed E-state index contributed by atoms with van der Waals surface area (Å²) in [5, 5.41) is 17.0. The number of aryl methyl sites for hydroxylation is 1. The van der Waals surface area contributed by atoms with E-state index in [0.29, 0.717) is 19.5 Å². The molecule has 2 aromatic carbocycles. The normalized spacial score (nSPS) is 10.9. The third-order valence-corrected chi connectivity index (χ3v) is 4.72. The predicted molar refractivity (Wildman–Crippen MR) is 111 cm³/mol. The Labute approximate surface area is 166 Å². The van der Waals surface area contributed by atoms with Crippen LogP contribution >= 0.6 is 0 Å². The molecule has 0 amide bonds. The van der Waals surface area contributed by atoms with Crippen molar-refractivity contribution in [2.75, 3.05) is 6.54 Å². The summed E-state index contributed by atoms with van der Waals surface area (Å²) in [5.41, 5.74) is 5.71. The molecule has 1 aromatic heterocycles. The molecule has 0 unspecified atom stereocenters. The minimum absolute atomic E-state index is 0.186. The standard InChI is InChI=1S/C23H27N3O2/c1-2-18-10-12-20(13-11-18)23-21(15-24-14-6-9-22(27)28)17-26(25-23)16-19-7-4-3-5-8-19/h3-5,7-8,10-13,17,24H,2,6,9,14-16H2,1H3,(H,27,28). The average molecular weight is 377 g/mol. The molecule has 2 N–H and O–H groups in total. The SMILES string of the molecule is CCc1ccc(-c2nn(Cc3ccccc3)cc2CNCCCC(=O)O)cc1. The maximum Gasteiger partial charge on any atom is 0.303 e. The number of nitrogens with zero attached hydrogens (tertiary/aromatic N) is 2. The largest absolute Gasteiger partial charge is 0.481 e. The molecule has 0 bridgehead atoms. The fraction of sp³-hybridized carbons (Fsp3) is 0.304. The van der Waals surface area contributed by atoms with Gasteiger partial charge in [0.05, 0.1) is 12.2 Å². The Morgan fingerprint density at radius 3 is 2.50 bits per heavy atom. The van der Waals surface area contributed by atoms with Crippen LogP contribution in [0.15, 0.2) is 60.8 Å². The zero-order valence-electron chi connectivity index (χ0n) is 16.3. The average Bonchev–Trinajstić information content (AvgIpc) is 3.11. The molecule has 0 fully saturated rings. The number of carbonyl (C=O) groups is 1. The quantitative estimate of drug-likeness (QED) is 0.522. The summed E-state index contributed by atoms with van der Waals surface area (Å²) in [6, 6.07) is 18.8. The van der Waals surface area contributed by atoms with Gasteiger partial charge in [0, 0.05) is 30.3 Å². The monoisotopic (exact) mass is 377 g/mol. The number of aromatic nitrogens is 2. The first-order chi connectivity index (χ1) is 13.7. The molecule has 5 nitrogen and oxygen atoms in total. The number of aliphatic carboxylic acids is 1. The maximum atomic E-state index is 10.7. The van der Waals surface area contributed by atoms with Crippen molar-refractivity contribution in [3.63, 3.8) is 0 Å². The molecule has 0 aliphatic carbocycles. The van der Waals surface area contributed by atoms with Gasteiger partial charge in [0.25, 0.3) is 0 Å². The van der Waals surface area contributed by atoms with E-state index in [9.17, 15) is 4.79 Å². The van der Waals surface area contributed by atoms with Crippen LogP contribution in [-0.4, -0.2) is 27.4 Å². The van der Waals surface area contributed by atoms with Crippen molar-refractivity contribution in [2.45, 2.75) is 39.3 Å². The number of hydrogen-bond donors (Lipinski definition) is 2. The Kier molecular flexibility index (Phi) is 6.98. The van der Waals surface area contributed by atoms with Crippen LogP contribution in [0.3, 0.4) is 0 Å². The van der Waals surface area contributed by atoms with Gasteiger partial charge in [-0.3, -0.25) is 9.48 Å². The number of benzene rings is 2. The highest BCUT2D eigenvalue weighted by Gasteiger charge is 2.12. The summed E-state index contributed by atoms with van der Waals surface area (Å²) in [6.45, 7) is 4.21. The van der Waals surface area contributed by atoms with E-state index in [0.717, 1.165) is 29.8 Å². The lowest BCUT2D eigenvalue weighted by Crippen LogP contribution is -2.16. The van der Waals surface area contributed by atoms with E-state index < -0.39 is 5.97 Å². The van der Waals surface area contributed by atoms with E-state index in [2.05, 4.69) is 54.8 Å². The summed E-state index contributed by atoms with van der Waals surface area (Å²) in [5.74, 6) is -0.755. The lowest BCUT2D eigenvalue weighted by atomic mass is 10.0. The number of nitrogens with one attached hydrogen (secondary N) is 1. The third-order valence-electron chi connectivity index (χ3n) is 4.72. The summed E-state index contributed by atoms with van der Waals surface area (Å²) in [4.78, 5) is 10.7. The van der Waals surface area contributed by atoms with Gasteiger partial charge in [-0.1, -0.05) is 61.5 Å². The van der Waals surface area contributed by atoms with Gasteiger partial charge in [0.2, 0.25) is 0 Å². The lowest BCUT2D eigenvalue weighted by molar-refractivity contribution is -0.137. The number of carboxylic acids is 1. The molecule has 0 saturated heterocycles. The molecule has 146 valence electrons. The Morgan fingerprint density at radius 1 is 1.07 bits per heavy atom. The highest BCUT2D eigenvalue weighted by molar-refractivity contribution is 5.66. The molecular formula is C23H27N3O2. The van der Waals surface area contributed by atoms with E-state index in [1.807, 2.05) is 22.9 Å². The molecule has 3 rings (SSSR count). The zero-order valence-corrected chi connectivity index (χ0v) is 16.3. The molecule has 0 aliphatic rings. The molecule has 0 aliphatic heterocycles. The van der Waals surface area contributed by atoms with E-state index in [1.165, 1.54) is 11.1 Å². The van der Waals surface area contributed by atoms with Crippen molar-refractivity contribution < 1.29 is 9.90 Å². The second-order valence-electron chi connectivity index (χ2n) is 6.91. The van der Waals surface area contributed by atoms with Gasteiger partial charge in [-0.05, 0) is 30.5 Å². The minimum Gasteiger partial charge on any atom is -0.481 e. The van der Waals surface area contributed by atoms with Gasteiger partial charge in [-0.15, -0.1) is 0 Å². The van der Waals surface area contributed by atoms with E-state index in [-0.39, 0.29) is 6.42 Å². The summed E-state index contributed by atoms with van der Waals surface area (Å²) >= 11 is 0. The highest BCUT2D eigenvalue weighted by atomic mass is 16.4. The first kappa shape index (κ1) is 19.8. The van der Waals surface area contributed by atoms with Gasteiger partial charge in [-0.25, -0.2) is 0 Å². The second kappa shape index (κ2) is 9.85. The second-order valence-corrected chi connectivity index (χ2v) is 6.91. The van der Waals surface area contributed by atoms with Crippen molar-refractivity contribution in [3.8, 4) is 11.3 Å². The molecule has 3 aromatic rings. The van der Waals surface area contributed by atoms with Crippen LogP contribution in [-0.2, 0) is 24.3 Å².